The number of carbonyl (C=O) groups is 3. The molecule has 3 atom stereocenters. The molecule has 1 fully saturated rings. The first-order chi connectivity index (χ1) is 16.4. The summed E-state index contributed by atoms with van der Waals surface area (Å²) >= 11 is 0. The number of hydrogen-bond acceptors (Lipinski definition) is 5. The summed E-state index contributed by atoms with van der Waals surface area (Å²) in [6.45, 7) is 9.98. The van der Waals surface area contributed by atoms with Crippen molar-refractivity contribution in [2.75, 3.05) is 13.1 Å². The number of piperidine rings is 1. The minimum Gasteiger partial charge on any atom is -0.480 e. The normalized spacial score (nSPS) is 17.6. The fourth-order valence-electron chi connectivity index (χ4n) is 4.18. The Morgan fingerprint density at radius 3 is 2.14 bits per heavy atom. The van der Waals surface area contributed by atoms with Gasteiger partial charge in [0.15, 0.2) is 0 Å². The summed E-state index contributed by atoms with van der Waals surface area (Å²) < 4.78 is 28.4. The van der Waals surface area contributed by atoms with Crippen LogP contribution in [0.5, 0.6) is 0 Å². The number of aliphatic carboxylic acids is 1. The Kier molecular flexibility index (Phi) is 10.3. The number of nitrogens with zero attached hydrogens (tertiary/aromatic N) is 1. The molecule has 0 aliphatic carbocycles. The van der Waals surface area contributed by atoms with Gasteiger partial charge in [-0.3, -0.25) is 9.59 Å². The van der Waals surface area contributed by atoms with Gasteiger partial charge >= 0.3 is 5.97 Å². The lowest BCUT2D eigenvalue weighted by Crippen LogP contribution is -2.53. The molecule has 3 N–H and O–H groups in total. The Hall–Kier alpha value is -2.46. The molecule has 0 radical (unpaired) electrons. The fraction of sp³-hybridized carbons (Fsp3) is 0.640. The average Bonchev–Trinajstić information content (AvgIpc) is 2.80. The van der Waals surface area contributed by atoms with Crippen molar-refractivity contribution in [2.45, 2.75) is 77.3 Å². The Balaban J connectivity index is 2.05. The molecule has 2 rings (SSSR count). The largest absolute Gasteiger partial charge is 0.480 e. The van der Waals surface area contributed by atoms with Crippen molar-refractivity contribution in [3.8, 4) is 0 Å². The van der Waals surface area contributed by atoms with Gasteiger partial charge in [-0.1, -0.05) is 51.8 Å². The van der Waals surface area contributed by atoms with E-state index in [2.05, 4.69) is 10.0 Å². The molecule has 1 aliphatic rings. The molecule has 10 heteroatoms. The number of hydrogen-bond donors (Lipinski definition) is 3. The molecule has 2 amide bonds. The van der Waals surface area contributed by atoms with Gasteiger partial charge in [0.25, 0.3) is 0 Å². The summed E-state index contributed by atoms with van der Waals surface area (Å²) in [4.78, 5) is 39.2. The molecule has 1 aromatic carbocycles. The van der Waals surface area contributed by atoms with Gasteiger partial charge in [-0.15, -0.1) is 0 Å². The van der Waals surface area contributed by atoms with Crippen LogP contribution < -0.4 is 10.0 Å². The van der Waals surface area contributed by atoms with Crippen molar-refractivity contribution < 1.29 is 27.9 Å². The number of carbonyl (C=O) groups excluding carboxylic acids is 2. The number of carboxylic acid groups (broad SMARTS) is 1. The maximum atomic E-state index is 13.3. The zero-order valence-corrected chi connectivity index (χ0v) is 22.1. The lowest BCUT2D eigenvalue weighted by Gasteiger charge is -2.35. The van der Waals surface area contributed by atoms with Gasteiger partial charge in [0, 0.05) is 19.0 Å². The van der Waals surface area contributed by atoms with E-state index in [9.17, 15) is 27.9 Å². The third kappa shape index (κ3) is 8.03. The van der Waals surface area contributed by atoms with Crippen LogP contribution in [0.2, 0.25) is 0 Å². The van der Waals surface area contributed by atoms with Crippen molar-refractivity contribution in [1.29, 1.82) is 0 Å². The average molecular weight is 510 g/mol. The zero-order valence-electron chi connectivity index (χ0n) is 21.3. The highest BCUT2D eigenvalue weighted by Crippen LogP contribution is 2.21. The summed E-state index contributed by atoms with van der Waals surface area (Å²) in [6.07, 6.45) is 1.76. The van der Waals surface area contributed by atoms with Crippen LogP contribution in [0.4, 0.5) is 0 Å². The van der Waals surface area contributed by atoms with Gasteiger partial charge in [-0.05, 0) is 50.2 Å². The van der Waals surface area contributed by atoms with E-state index in [1.165, 1.54) is 12.1 Å². The number of benzene rings is 1. The number of rotatable bonds is 11. The van der Waals surface area contributed by atoms with Gasteiger partial charge in [0.2, 0.25) is 21.8 Å². The number of sulfonamides is 1. The predicted octanol–water partition coefficient (Wildman–Crippen LogP) is 2.54. The first-order valence-electron chi connectivity index (χ1n) is 12.3. The quantitative estimate of drug-likeness (QED) is 0.420. The van der Waals surface area contributed by atoms with E-state index in [4.69, 9.17) is 0 Å². The third-order valence-corrected chi connectivity index (χ3v) is 8.08. The van der Waals surface area contributed by atoms with Gasteiger partial charge in [-0.25, -0.2) is 13.2 Å². The number of likely N-dealkylation sites (tertiary alicyclic amines) is 1. The fourth-order valence-corrected chi connectivity index (χ4v) is 5.38. The van der Waals surface area contributed by atoms with E-state index in [-0.39, 0.29) is 28.5 Å². The molecule has 1 saturated heterocycles. The Bertz CT molecular complexity index is 985. The van der Waals surface area contributed by atoms with E-state index in [1.54, 1.807) is 24.0 Å². The van der Waals surface area contributed by atoms with Crippen LogP contribution in [0.25, 0.3) is 0 Å². The number of nitrogens with one attached hydrogen (secondary N) is 2. The molecule has 0 spiro atoms. The number of carboxylic acids is 1. The van der Waals surface area contributed by atoms with Crippen LogP contribution in [-0.4, -0.2) is 61.4 Å². The summed E-state index contributed by atoms with van der Waals surface area (Å²) in [5.41, 5.74) is 0.935. The van der Waals surface area contributed by atoms with E-state index in [1.807, 2.05) is 27.7 Å². The van der Waals surface area contributed by atoms with Crippen LogP contribution in [-0.2, 0) is 24.4 Å². The highest BCUT2D eigenvalue weighted by molar-refractivity contribution is 7.89. The highest BCUT2D eigenvalue weighted by Gasteiger charge is 2.35. The molecule has 35 heavy (non-hydrogen) atoms. The molecule has 3 unspecified atom stereocenters. The Labute approximate surface area is 208 Å². The molecular weight excluding hydrogens is 470 g/mol. The molecule has 1 heterocycles. The molecule has 0 bridgehead atoms. The van der Waals surface area contributed by atoms with Crippen LogP contribution in [0.1, 0.15) is 58.9 Å². The van der Waals surface area contributed by atoms with Crippen LogP contribution in [0, 0.1) is 24.7 Å². The molecule has 0 saturated carbocycles. The SMILES string of the molecule is CCC(C)C(NC(=O)C1CCN(C(=O)C(CC(C)C)NS(=O)(=O)c2ccc(C)cc2)CC1)C(=O)O. The third-order valence-electron chi connectivity index (χ3n) is 6.59. The van der Waals surface area contributed by atoms with E-state index >= 15 is 0 Å². The number of aryl methyl sites for hydroxylation is 1. The van der Waals surface area contributed by atoms with Gasteiger partial charge in [0.05, 0.1) is 4.90 Å². The molecule has 196 valence electrons. The molecule has 0 aromatic heterocycles. The van der Waals surface area contributed by atoms with E-state index in [0.717, 1.165) is 5.56 Å². The second-order valence-electron chi connectivity index (χ2n) is 9.93. The lowest BCUT2D eigenvalue weighted by atomic mass is 9.93. The molecule has 1 aromatic rings. The van der Waals surface area contributed by atoms with Crippen LogP contribution in [0.3, 0.4) is 0 Å². The summed E-state index contributed by atoms with van der Waals surface area (Å²) in [5, 5.41) is 12.1. The minimum absolute atomic E-state index is 0.0847. The van der Waals surface area contributed by atoms with Crippen molar-refractivity contribution in [3.05, 3.63) is 29.8 Å². The minimum atomic E-state index is -3.88. The smallest absolute Gasteiger partial charge is 0.326 e. The summed E-state index contributed by atoms with van der Waals surface area (Å²) in [7, 11) is -3.88. The lowest BCUT2D eigenvalue weighted by molar-refractivity contribution is -0.144. The van der Waals surface area contributed by atoms with Crippen LogP contribution >= 0.6 is 0 Å². The zero-order chi connectivity index (χ0) is 26.3. The van der Waals surface area contributed by atoms with Crippen LogP contribution in [0.15, 0.2) is 29.2 Å². The molecular formula is C25H39N3O6S. The van der Waals surface area contributed by atoms with Crippen molar-refractivity contribution in [3.63, 3.8) is 0 Å². The number of amides is 2. The summed E-state index contributed by atoms with van der Waals surface area (Å²) in [6, 6.07) is 4.59. The first-order valence-corrected chi connectivity index (χ1v) is 13.7. The van der Waals surface area contributed by atoms with Crippen molar-refractivity contribution in [2.24, 2.45) is 17.8 Å². The van der Waals surface area contributed by atoms with E-state index < -0.39 is 34.0 Å². The maximum Gasteiger partial charge on any atom is 0.326 e. The van der Waals surface area contributed by atoms with Gasteiger partial charge < -0.3 is 15.3 Å². The van der Waals surface area contributed by atoms with Crippen molar-refractivity contribution in [1.82, 2.24) is 14.9 Å². The maximum absolute atomic E-state index is 13.3. The van der Waals surface area contributed by atoms with Crippen molar-refractivity contribution >= 4 is 27.8 Å². The Morgan fingerprint density at radius 1 is 1.09 bits per heavy atom. The topological polar surface area (TPSA) is 133 Å². The predicted molar refractivity (Wildman–Crippen MR) is 133 cm³/mol. The standard InChI is InChI=1S/C25H39N3O6S/c1-6-18(5)22(25(31)32)26-23(29)19-11-13-28(14-12-19)24(30)21(15-16(2)3)27-35(33,34)20-9-7-17(4)8-10-20/h7-10,16,18-19,21-22,27H,6,11-15H2,1-5H3,(H,26,29)(H,31,32). The Morgan fingerprint density at radius 2 is 1.66 bits per heavy atom. The second kappa shape index (κ2) is 12.5. The first kappa shape index (κ1) is 28.8. The second-order valence-corrected chi connectivity index (χ2v) is 11.6. The highest BCUT2D eigenvalue weighted by atomic mass is 32.2. The van der Waals surface area contributed by atoms with E-state index in [0.29, 0.717) is 38.8 Å². The molecule has 9 nitrogen and oxygen atoms in total. The monoisotopic (exact) mass is 509 g/mol. The van der Waals surface area contributed by atoms with Gasteiger partial charge in [-0.2, -0.15) is 4.72 Å². The summed E-state index contributed by atoms with van der Waals surface area (Å²) in [5.74, 6) is -2.19. The molecule has 1 aliphatic heterocycles. The van der Waals surface area contributed by atoms with Gasteiger partial charge in [0.1, 0.15) is 12.1 Å².